The third-order valence-electron chi connectivity index (χ3n) is 1.59. The van der Waals surface area contributed by atoms with Crippen LogP contribution < -0.4 is 11.6 Å². The molecule has 0 atom stereocenters. The summed E-state index contributed by atoms with van der Waals surface area (Å²) in [5.74, 6) is 5.40. The summed E-state index contributed by atoms with van der Waals surface area (Å²) in [6.45, 7) is 1.98. The molecule has 1 aromatic carbocycles. The minimum Gasteiger partial charge on any atom is -0.382 e. The predicted octanol–water partition coefficient (Wildman–Crippen LogP) is 1.34. The quantitative estimate of drug-likeness (QED) is 0.329. The second-order valence-corrected chi connectivity index (χ2v) is 3.33. The van der Waals surface area contributed by atoms with E-state index in [2.05, 4.69) is 21.0 Å². The van der Waals surface area contributed by atoms with Gasteiger partial charge in [0.15, 0.2) is 0 Å². The number of hydrogen-bond donors (Lipinski definition) is 2. The van der Waals surface area contributed by atoms with Crippen LogP contribution in [0.4, 0.5) is 0 Å². The molecule has 0 aliphatic heterocycles. The highest BCUT2D eigenvalue weighted by Crippen LogP contribution is 2.16. The average molecular weight is 228 g/mol. The summed E-state index contributed by atoms with van der Waals surface area (Å²) in [7, 11) is 0. The third-order valence-corrected chi connectivity index (χ3v) is 2.48. The zero-order valence-corrected chi connectivity index (χ0v) is 8.30. The Hall–Kier alpha value is -1.03. The maximum Gasteiger partial charge on any atom is 0.150 e. The van der Waals surface area contributed by atoms with Crippen molar-refractivity contribution in [2.75, 3.05) is 0 Å². The molecule has 0 fully saturated rings. The average Bonchev–Trinajstić information content (AvgIpc) is 2.08. The van der Waals surface area contributed by atoms with Gasteiger partial charge in [0, 0.05) is 10.0 Å². The maximum atomic E-state index is 5.52. The Balaban J connectivity index is 3.13. The van der Waals surface area contributed by atoms with E-state index in [1.807, 2.05) is 25.1 Å². The Bertz CT molecular complexity index is 320. The van der Waals surface area contributed by atoms with Crippen molar-refractivity contribution in [3.63, 3.8) is 0 Å². The number of amidine groups is 1. The summed E-state index contributed by atoms with van der Waals surface area (Å²) in [4.78, 5) is 0. The smallest absolute Gasteiger partial charge is 0.150 e. The molecule has 4 heteroatoms. The highest BCUT2D eigenvalue weighted by molar-refractivity contribution is 9.10. The fraction of sp³-hybridized carbons (Fsp3) is 0.125. The number of hydrazone groups is 1. The topological polar surface area (TPSA) is 64.4 Å². The molecular formula is C8H10BrN3. The lowest BCUT2D eigenvalue weighted by Gasteiger charge is -2.01. The van der Waals surface area contributed by atoms with Gasteiger partial charge in [-0.05, 0) is 24.6 Å². The summed E-state index contributed by atoms with van der Waals surface area (Å²) >= 11 is 3.39. The monoisotopic (exact) mass is 227 g/mol. The van der Waals surface area contributed by atoms with Crippen molar-refractivity contribution in [2.45, 2.75) is 6.92 Å². The molecule has 0 amide bonds. The number of rotatable bonds is 1. The van der Waals surface area contributed by atoms with Gasteiger partial charge in [-0.1, -0.05) is 22.0 Å². The lowest BCUT2D eigenvalue weighted by Crippen LogP contribution is -2.15. The van der Waals surface area contributed by atoms with Crippen molar-refractivity contribution in [1.82, 2.24) is 0 Å². The zero-order chi connectivity index (χ0) is 9.14. The summed E-state index contributed by atoms with van der Waals surface area (Å²) in [6, 6.07) is 5.71. The molecule has 64 valence electrons. The fourth-order valence-electron chi connectivity index (χ4n) is 0.879. The lowest BCUT2D eigenvalue weighted by atomic mass is 10.1. The molecule has 0 aliphatic rings. The summed E-state index contributed by atoms with van der Waals surface area (Å²) in [6.07, 6.45) is 0. The van der Waals surface area contributed by atoms with E-state index in [1.54, 1.807) is 0 Å². The third kappa shape index (κ3) is 1.76. The number of aryl methyl sites for hydroxylation is 1. The van der Waals surface area contributed by atoms with Gasteiger partial charge in [0.05, 0.1) is 0 Å². The first-order valence-corrected chi connectivity index (χ1v) is 4.24. The first kappa shape index (κ1) is 9.06. The van der Waals surface area contributed by atoms with E-state index in [1.165, 1.54) is 0 Å². The molecule has 0 radical (unpaired) electrons. The second kappa shape index (κ2) is 3.58. The van der Waals surface area contributed by atoms with Gasteiger partial charge < -0.3 is 11.6 Å². The second-order valence-electron chi connectivity index (χ2n) is 2.48. The van der Waals surface area contributed by atoms with Gasteiger partial charge in [-0.3, -0.25) is 0 Å². The van der Waals surface area contributed by atoms with E-state index < -0.39 is 0 Å². The highest BCUT2D eigenvalue weighted by Gasteiger charge is 1.99. The minimum absolute atomic E-state index is 0.352. The van der Waals surface area contributed by atoms with Crippen LogP contribution in [-0.4, -0.2) is 5.84 Å². The largest absolute Gasteiger partial charge is 0.382 e. The number of hydrogen-bond acceptors (Lipinski definition) is 2. The van der Waals surface area contributed by atoms with E-state index in [4.69, 9.17) is 11.6 Å². The zero-order valence-electron chi connectivity index (χ0n) is 6.71. The maximum absolute atomic E-state index is 5.52. The van der Waals surface area contributed by atoms with Crippen LogP contribution in [0.15, 0.2) is 27.8 Å². The number of nitrogens with two attached hydrogens (primary N) is 2. The van der Waals surface area contributed by atoms with E-state index >= 15 is 0 Å². The SMILES string of the molecule is Cc1cc(C(N)=NN)ccc1Br. The first-order valence-electron chi connectivity index (χ1n) is 3.45. The highest BCUT2D eigenvalue weighted by atomic mass is 79.9. The first-order chi connectivity index (χ1) is 5.65. The number of benzene rings is 1. The van der Waals surface area contributed by atoms with Crippen molar-refractivity contribution in [2.24, 2.45) is 16.7 Å². The fourth-order valence-corrected chi connectivity index (χ4v) is 1.13. The van der Waals surface area contributed by atoms with Crippen molar-refractivity contribution in [3.8, 4) is 0 Å². The molecule has 0 spiro atoms. The van der Waals surface area contributed by atoms with Crippen LogP contribution in [0.3, 0.4) is 0 Å². The summed E-state index contributed by atoms with van der Waals surface area (Å²) in [5, 5.41) is 3.41. The Labute approximate surface area is 79.6 Å². The summed E-state index contributed by atoms with van der Waals surface area (Å²) in [5.41, 5.74) is 7.48. The molecule has 1 rings (SSSR count). The van der Waals surface area contributed by atoms with Crippen LogP contribution in [0, 0.1) is 6.92 Å². The molecule has 1 aromatic rings. The molecule has 0 saturated heterocycles. The summed E-state index contributed by atoms with van der Waals surface area (Å²) < 4.78 is 1.05. The van der Waals surface area contributed by atoms with Crippen LogP contribution >= 0.6 is 15.9 Å². The van der Waals surface area contributed by atoms with E-state index in [-0.39, 0.29) is 0 Å². The van der Waals surface area contributed by atoms with Crippen molar-refractivity contribution >= 4 is 21.8 Å². The number of halogens is 1. The van der Waals surface area contributed by atoms with Crippen LogP contribution in [-0.2, 0) is 0 Å². The van der Waals surface area contributed by atoms with Crippen LogP contribution in [0.2, 0.25) is 0 Å². The van der Waals surface area contributed by atoms with Gasteiger partial charge in [0.25, 0.3) is 0 Å². The van der Waals surface area contributed by atoms with Crippen LogP contribution in [0.1, 0.15) is 11.1 Å². The van der Waals surface area contributed by atoms with Crippen molar-refractivity contribution < 1.29 is 0 Å². The van der Waals surface area contributed by atoms with E-state index in [0.29, 0.717) is 5.84 Å². The predicted molar refractivity (Wildman–Crippen MR) is 53.8 cm³/mol. The molecular weight excluding hydrogens is 218 g/mol. The minimum atomic E-state index is 0.352. The molecule has 0 bridgehead atoms. The van der Waals surface area contributed by atoms with Crippen molar-refractivity contribution in [1.29, 1.82) is 0 Å². The standard InChI is InChI=1S/C8H10BrN3/c1-5-4-6(8(10)12-11)2-3-7(5)9/h2-4H,11H2,1H3,(H2,10,12). The number of nitrogens with zero attached hydrogens (tertiary/aromatic N) is 1. The molecule has 3 nitrogen and oxygen atoms in total. The van der Waals surface area contributed by atoms with Gasteiger partial charge in [-0.15, -0.1) is 0 Å². The van der Waals surface area contributed by atoms with E-state index in [0.717, 1.165) is 15.6 Å². The Morgan fingerprint density at radius 3 is 2.67 bits per heavy atom. The molecule has 12 heavy (non-hydrogen) atoms. The Kier molecular flexibility index (Phi) is 2.70. The molecule has 0 saturated carbocycles. The van der Waals surface area contributed by atoms with Crippen LogP contribution in [0.5, 0.6) is 0 Å². The Morgan fingerprint density at radius 1 is 1.50 bits per heavy atom. The van der Waals surface area contributed by atoms with Gasteiger partial charge in [0.2, 0.25) is 0 Å². The van der Waals surface area contributed by atoms with Gasteiger partial charge in [-0.25, -0.2) is 0 Å². The Morgan fingerprint density at radius 2 is 2.17 bits per heavy atom. The van der Waals surface area contributed by atoms with Crippen molar-refractivity contribution in [3.05, 3.63) is 33.8 Å². The molecule has 4 N–H and O–H groups in total. The molecule has 0 aliphatic carbocycles. The lowest BCUT2D eigenvalue weighted by molar-refractivity contribution is 1.23. The van der Waals surface area contributed by atoms with Crippen LogP contribution in [0.25, 0.3) is 0 Å². The molecule has 0 unspecified atom stereocenters. The normalized spacial score (nSPS) is 11.7. The van der Waals surface area contributed by atoms with E-state index in [9.17, 15) is 0 Å². The van der Waals surface area contributed by atoms with Gasteiger partial charge in [-0.2, -0.15) is 5.10 Å². The van der Waals surface area contributed by atoms with Gasteiger partial charge >= 0.3 is 0 Å². The molecule has 0 aromatic heterocycles. The van der Waals surface area contributed by atoms with Gasteiger partial charge in [0.1, 0.15) is 5.84 Å². The molecule has 0 heterocycles.